The van der Waals surface area contributed by atoms with Crippen molar-refractivity contribution in [1.29, 1.82) is 0 Å². The van der Waals surface area contributed by atoms with Gasteiger partial charge in [-0.2, -0.15) is 0 Å². The molecular formula is C16H13ClFNO3. The molecule has 0 spiro atoms. The fourth-order valence-electron chi connectivity index (χ4n) is 1.65. The van der Waals surface area contributed by atoms with Crippen LogP contribution in [0, 0.1) is 5.82 Å². The summed E-state index contributed by atoms with van der Waals surface area (Å²) in [5.74, 6) is -1.33. The maximum atomic E-state index is 12.7. The first-order valence-corrected chi connectivity index (χ1v) is 6.86. The molecule has 1 N–H and O–H groups in total. The lowest BCUT2D eigenvalue weighted by Crippen LogP contribution is -2.30. The topological polar surface area (TPSA) is 55.4 Å². The minimum Gasteiger partial charge on any atom is -0.460 e. The first kappa shape index (κ1) is 16.0. The van der Waals surface area contributed by atoms with Gasteiger partial charge in [0, 0.05) is 10.6 Å². The standard InChI is InChI=1S/C16H13ClFNO3/c17-13-5-3-12(4-6-13)16(21)19-9-15(20)22-10-11-1-7-14(18)8-2-11/h1-8H,9-10H2,(H,19,21). The van der Waals surface area contributed by atoms with E-state index in [1.165, 1.54) is 24.3 Å². The zero-order chi connectivity index (χ0) is 15.9. The van der Waals surface area contributed by atoms with Gasteiger partial charge in [0.15, 0.2) is 0 Å². The normalized spacial score (nSPS) is 10.1. The van der Waals surface area contributed by atoms with E-state index in [1.807, 2.05) is 0 Å². The van der Waals surface area contributed by atoms with Crippen LogP contribution in [0.25, 0.3) is 0 Å². The molecule has 0 aliphatic carbocycles. The lowest BCUT2D eigenvalue weighted by molar-refractivity contribution is -0.143. The van der Waals surface area contributed by atoms with Crippen molar-refractivity contribution < 1.29 is 18.7 Å². The lowest BCUT2D eigenvalue weighted by atomic mass is 10.2. The van der Waals surface area contributed by atoms with E-state index in [-0.39, 0.29) is 19.0 Å². The molecule has 0 radical (unpaired) electrons. The molecule has 6 heteroatoms. The quantitative estimate of drug-likeness (QED) is 0.861. The van der Waals surface area contributed by atoms with Gasteiger partial charge in [-0.05, 0) is 42.0 Å². The van der Waals surface area contributed by atoms with Gasteiger partial charge >= 0.3 is 5.97 Å². The number of benzene rings is 2. The van der Waals surface area contributed by atoms with E-state index in [0.29, 0.717) is 16.1 Å². The zero-order valence-corrected chi connectivity index (χ0v) is 12.3. The first-order chi connectivity index (χ1) is 10.5. The molecule has 0 aliphatic heterocycles. The van der Waals surface area contributed by atoms with Crippen LogP contribution in [0.15, 0.2) is 48.5 Å². The monoisotopic (exact) mass is 321 g/mol. The lowest BCUT2D eigenvalue weighted by Gasteiger charge is -2.07. The molecule has 114 valence electrons. The third-order valence-corrected chi connectivity index (χ3v) is 3.06. The molecule has 1 amide bonds. The van der Waals surface area contributed by atoms with Gasteiger partial charge in [-0.1, -0.05) is 23.7 Å². The van der Waals surface area contributed by atoms with Crippen molar-refractivity contribution in [1.82, 2.24) is 5.32 Å². The fraction of sp³-hybridized carbons (Fsp3) is 0.125. The maximum absolute atomic E-state index is 12.7. The summed E-state index contributed by atoms with van der Waals surface area (Å²) >= 11 is 5.72. The van der Waals surface area contributed by atoms with E-state index < -0.39 is 11.9 Å². The van der Waals surface area contributed by atoms with Crippen LogP contribution >= 0.6 is 11.6 Å². The molecule has 4 nitrogen and oxygen atoms in total. The number of esters is 1. The smallest absolute Gasteiger partial charge is 0.325 e. The minimum atomic E-state index is -0.577. The van der Waals surface area contributed by atoms with E-state index in [1.54, 1.807) is 24.3 Å². The largest absolute Gasteiger partial charge is 0.460 e. The Hall–Kier alpha value is -2.40. The molecule has 0 aromatic heterocycles. The number of nitrogens with one attached hydrogen (secondary N) is 1. The Balaban J connectivity index is 1.76. The summed E-state index contributed by atoms with van der Waals surface area (Å²) in [6, 6.07) is 11.9. The first-order valence-electron chi connectivity index (χ1n) is 6.48. The summed E-state index contributed by atoms with van der Waals surface area (Å²) in [5, 5.41) is 2.97. The summed E-state index contributed by atoms with van der Waals surface area (Å²) in [6.45, 7) is -0.224. The van der Waals surface area contributed by atoms with Crippen LogP contribution < -0.4 is 5.32 Å². The second kappa shape index (κ2) is 7.56. The van der Waals surface area contributed by atoms with Gasteiger partial charge in [0.25, 0.3) is 5.91 Å². The Morgan fingerprint density at radius 1 is 1.05 bits per heavy atom. The van der Waals surface area contributed by atoms with Crippen molar-refractivity contribution in [2.45, 2.75) is 6.61 Å². The van der Waals surface area contributed by atoms with E-state index in [0.717, 1.165) is 0 Å². The van der Waals surface area contributed by atoms with Crippen molar-refractivity contribution >= 4 is 23.5 Å². The number of halogens is 2. The second-order valence-corrected chi connectivity index (χ2v) is 4.91. The number of rotatable bonds is 5. The van der Waals surface area contributed by atoms with E-state index in [9.17, 15) is 14.0 Å². The highest BCUT2D eigenvalue weighted by Gasteiger charge is 2.09. The minimum absolute atomic E-state index is 0.0237. The summed E-state index contributed by atoms with van der Waals surface area (Å²) in [4.78, 5) is 23.3. The molecule has 0 aliphatic rings. The Labute approximate surface area is 131 Å². The molecule has 0 fully saturated rings. The molecule has 2 aromatic carbocycles. The summed E-state index contributed by atoms with van der Waals surface area (Å²) < 4.78 is 17.7. The van der Waals surface area contributed by atoms with Crippen LogP contribution in [0.2, 0.25) is 5.02 Å². The van der Waals surface area contributed by atoms with Gasteiger partial charge in [-0.3, -0.25) is 9.59 Å². The van der Waals surface area contributed by atoms with E-state index in [2.05, 4.69) is 5.32 Å². The predicted octanol–water partition coefficient (Wildman–Crippen LogP) is 2.95. The van der Waals surface area contributed by atoms with Crippen LogP contribution in [0.4, 0.5) is 4.39 Å². The Morgan fingerprint density at radius 2 is 1.68 bits per heavy atom. The Morgan fingerprint density at radius 3 is 2.32 bits per heavy atom. The molecule has 0 saturated heterocycles. The summed E-state index contributed by atoms with van der Waals surface area (Å²) in [6.07, 6.45) is 0. The summed E-state index contributed by atoms with van der Waals surface area (Å²) in [7, 11) is 0. The van der Waals surface area contributed by atoms with Crippen molar-refractivity contribution in [3.8, 4) is 0 Å². The van der Waals surface area contributed by atoms with Crippen LogP contribution in [0.1, 0.15) is 15.9 Å². The summed E-state index contributed by atoms with van der Waals surface area (Å²) in [5.41, 5.74) is 1.06. The average Bonchev–Trinajstić information content (AvgIpc) is 2.52. The number of hydrogen-bond acceptors (Lipinski definition) is 3. The molecule has 2 aromatic rings. The predicted molar refractivity (Wildman–Crippen MR) is 80.0 cm³/mol. The molecule has 0 unspecified atom stereocenters. The van der Waals surface area contributed by atoms with Crippen LogP contribution in [0.5, 0.6) is 0 Å². The molecule has 0 bridgehead atoms. The molecule has 0 saturated carbocycles. The highest BCUT2D eigenvalue weighted by atomic mass is 35.5. The van der Waals surface area contributed by atoms with E-state index >= 15 is 0 Å². The van der Waals surface area contributed by atoms with Gasteiger partial charge in [-0.25, -0.2) is 4.39 Å². The highest BCUT2D eigenvalue weighted by Crippen LogP contribution is 2.09. The maximum Gasteiger partial charge on any atom is 0.325 e. The molecule has 0 heterocycles. The number of carbonyl (C=O) groups is 2. The van der Waals surface area contributed by atoms with Gasteiger partial charge < -0.3 is 10.1 Å². The van der Waals surface area contributed by atoms with Gasteiger partial charge in [0.05, 0.1) is 0 Å². The fourth-order valence-corrected chi connectivity index (χ4v) is 1.78. The van der Waals surface area contributed by atoms with Crippen LogP contribution in [0.3, 0.4) is 0 Å². The third-order valence-electron chi connectivity index (χ3n) is 2.81. The molecule has 0 atom stereocenters. The number of hydrogen-bond donors (Lipinski definition) is 1. The highest BCUT2D eigenvalue weighted by molar-refractivity contribution is 6.30. The average molecular weight is 322 g/mol. The number of ether oxygens (including phenoxy) is 1. The van der Waals surface area contributed by atoms with Crippen molar-refractivity contribution in [3.05, 3.63) is 70.5 Å². The van der Waals surface area contributed by atoms with Crippen molar-refractivity contribution in [2.75, 3.05) is 6.54 Å². The molecule has 2 rings (SSSR count). The van der Waals surface area contributed by atoms with Crippen LogP contribution in [-0.4, -0.2) is 18.4 Å². The van der Waals surface area contributed by atoms with Gasteiger partial charge in [-0.15, -0.1) is 0 Å². The second-order valence-electron chi connectivity index (χ2n) is 4.48. The van der Waals surface area contributed by atoms with Gasteiger partial charge in [0.1, 0.15) is 19.0 Å². The van der Waals surface area contributed by atoms with Crippen molar-refractivity contribution in [2.24, 2.45) is 0 Å². The van der Waals surface area contributed by atoms with E-state index in [4.69, 9.17) is 16.3 Å². The number of amides is 1. The Kier molecular flexibility index (Phi) is 5.49. The molecular weight excluding hydrogens is 309 g/mol. The van der Waals surface area contributed by atoms with Crippen LogP contribution in [-0.2, 0) is 16.1 Å². The molecule has 22 heavy (non-hydrogen) atoms. The van der Waals surface area contributed by atoms with Crippen molar-refractivity contribution in [3.63, 3.8) is 0 Å². The zero-order valence-electron chi connectivity index (χ0n) is 11.5. The SMILES string of the molecule is O=C(CNC(=O)c1ccc(Cl)cc1)OCc1ccc(F)cc1. The number of carbonyl (C=O) groups excluding carboxylic acids is 2. The third kappa shape index (κ3) is 4.86. The Bertz CT molecular complexity index is 656. The van der Waals surface area contributed by atoms with Gasteiger partial charge in [0.2, 0.25) is 0 Å².